The topological polar surface area (TPSA) is 84.3 Å². The maximum Gasteiger partial charge on any atom is 0.358 e. The Bertz CT molecular complexity index is 397. The maximum atomic E-state index is 10.9. The van der Waals surface area contributed by atoms with E-state index in [0.717, 1.165) is 6.42 Å². The van der Waals surface area contributed by atoms with Gasteiger partial charge in [0.25, 0.3) is 0 Å². The number of carbonyl (C=O) groups is 1. The van der Waals surface area contributed by atoms with Gasteiger partial charge in [-0.05, 0) is 13.3 Å². The quantitative estimate of drug-likeness (QED) is 0.787. The highest BCUT2D eigenvalue weighted by molar-refractivity contribution is 5.90. The van der Waals surface area contributed by atoms with Gasteiger partial charge in [0.1, 0.15) is 0 Å². The summed E-state index contributed by atoms with van der Waals surface area (Å²) in [5.74, 6) is -0.778. The van der Waals surface area contributed by atoms with Gasteiger partial charge < -0.3 is 15.2 Å². The number of nitrogens with one attached hydrogen (secondary N) is 1. The molecule has 0 aromatic carbocycles. The zero-order valence-electron chi connectivity index (χ0n) is 8.88. The summed E-state index contributed by atoms with van der Waals surface area (Å²) in [6.45, 7) is 2.63. The van der Waals surface area contributed by atoms with Crippen molar-refractivity contribution in [2.75, 3.05) is 11.9 Å². The van der Waals surface area contributed by atoms with E-state index in [-0.39, 0.29) is 17.8 Å². The molecule has 0 bridgehead atoms. The number of ether oxygens (including phenoxy) is 1. The minimum atomic E-state index is -1.08. The molecule has 2 unspecified atom stereocenters. The maximum absolute atomic E-state index is 10.9. The molecule has 0 radical (unpaired) electrons. The van der Waals surface area contributed by atoms with E-state index in [4.69, 9.17) is 9.84 Å². The number of carboxylic acid groups (broad SMARTS) is 1. The smallest absolute Gasteiger partial charge is 0.358 e. The number of hydrogen-bond donors (Lipinski definition) is 2. The van der Waals surface area contributed by atoms with Gasteiger partial charge in [-0.2, -0.15) is 0 Å². The van der Waals surface area contributed by atoms with E-state index in [0.29, 0.717) is 12.4 Å². The van der Waals surface area contributed by atoms with Gasteiger partial charge in [0.05, 0.1) is 12.1 Å². The number of aromatic carboxylic acids is 1. The SMILES string of the molecule is CC1OCCC1Nc1nccnc1C(=O)O. The van der Waals surface area contributed by atoms with E-state index in [1.54, 1.807) is 0 Å². The van der Waals surface area contributed by atoms with Gasteiger partial charge in [0.15, 0.2) is 11.5 Å². The van der Waals surface area contributed by atoms with Gasteiger partial charge in [-0.25, -0.2) is 14.8 Å². The summed E-state index contributed by atoms with van der Waals surface area (Å²) in [7, 11) is 0. The van der Waals surface area contributed by atoms with Gasteiger partial charge in [0.2, 0.25) is 0 Å². The first-order valence-corrected chi connectivity index (χ1v) is 5.11. The number of hydrogen-bond acceptors (Lipinski definition) is 5. The number of aromatic nitrogens is 2. The molecule has 1 aromatic heterocycles. The van der Waals surface area contributed by atoms with Crippen molar-refractivity contribution in [3.63, 3.8) is 0 Å². The molecule has 1 saturated heterocycles. The Hall–Kier alpha value is -1.69. The predicted molar refractivity (Wildman–Crippen MR) is 56.4 cm³/mol. The van der Waals surface area contributed by atoms with Crippen molar-refractivity contribution in [2.24, 2.45) is 0 Å². The van der Waals surface area contributed by atoms with Gasteiger partial charge in [0, 0.05) is 19.0 Å². The van der Waals surface area contributed by atoms with Crippen LogP contribution in [0.15, 0.2) is 12.4 Å². The summed E-state index contributed by atoms with van der Waals surface area (Å²) in [6.07, 6.45) is 3.73. The highest BCUT2D eigenvalue weighted by Gasteiger charge is 2.26. The Kier molecular flexibility index (Phi) is 3.00. The van der Waals surface area contributed by atoms with Crippen LogP contribution in [0.25, 0.3) is 0 Å². The van der Waals surface area contributed by atoms with Crippen LogP contribution in [0.2, 0.25) is 0 Å². The zero-order valence-corrected chi connectivity index (χ0v) is 8.88. The van der Waals surface area contributed by atoms with Crippen LogP contribution in [-0.4, -0.2) is 39.8 Å². The van der Waals surface area contributed by atoms with Gasteiger partial charge >= 0.3 is 5.97 Å². The normalized spacial score (nSPS) is 24.3. The van der Waals surface area contributed by atoms with Crippen molar-refractivity contribution in [3.05, 3.63) is 18.1 Å². The first-order valence-electron chi connectivity index (χ1n) is 5.11. The summed E-state index contributed by atoms with van der Waals surface area (Å²) < 4.78 is 5.38. The third-order valence-electron chi connectivity index (χ3n) is 2.60. The van der Waals surface area contributed by atoms with Crippen LogP contribution in [0, 0.1) is 0 Å². The molecule has 1 fully saturated rings. The molecular formula is C10H13N3O3. The molecule has 2 atom stereocenters. The molecule has 0 saturated carbocycles. The number of carboxylic acids is 1. The van der Waals surface area contributed by atoms with Crippen molar-refractivity contribution in [2.45, 2.75) is 25.5 Å². The minimum absolute atomic E-state index is 0.0541. The van der Waals surface area contributed by atoms with E-state index in [2.05, 4.69) is 15.3 Å². The summed E-state index contributed by atoms with van der Waals surface area (Å²) in [5, 5.41) is 12.0. The van der Waals surface area contributed by atoms with Crippen LogP contribution in [0.3, 0.4) is 0 Å². The Morgan fingerprint density at radius 2 is 2.31 bits per heavy atom. The van der Waals surface area contributed by atoms with Gasteiger partial charge in [-0.3, -0.25) is 0 Å². The lowest BCUT2D eigenvalue weighted by atomic mass is 10.1. The van der Waals surface area contributed by atoms with E-state index < -0.39 is 5.97 Å². The summed E-state index contributed by atoms with van der Waals surface area (Å²) >= 11 is 0. The molecule has 16 heavy (non-hydrogen) atoms. The first-order chi connectivity index (χ1) is 7.68. The molecule has 0 spiro atoms. The minimum Gasteiger partial charge on any atom is -0.476 e. The number of rotatable bonds is 3. The molecule has 0 aliphatic carbocycles. The molecular weight excluding hydrogens is 210 g/mol. The average molecular weight is 223 g/mol. The van der Waals surface area contributed by atoms with Crippen molar-refractivity contribution >= 4 is 11.8 Å². The standard InChI is InChI=1S/C10H13N3O3/c1-6-7(2-5-16-6)13-9-8(10(14)15)11-3-4-12-9/h3-4,6-7H,2,5H2,1H3,(H,12,13)(H,14,15). The van der Waals surface area contributed by atoms with Crippen molar-refractivity contribution in [1.29, 1.82) is 0 Å². The molecule has 2 heterocycles. The second-order valence-corrected chi connectivity index (χ2v) is 3.67. The Morgan fingerprint density at radius 3 is 2.94 bits per heavy atom. The fraction of sp³-hybridized carbons (Fsp3) is 0.500. The third kappa shape index (κ3) is 2.11. The van der Waals surface area contributed by atoms with Crippen molar-refractivity contribution in [1.82, 2.24) is 9.97 Å². The van der Waals surface area contributed by atoms with Crippen LogP contribution in [0.4, 0.5) is 5.82 Å². The predicted octanol–water partition coefficient (Wildman–Crippen LogP) is 0.764. The van der Waals surface area contributed by atoms with E-state index in [1.807, 2.05) is 6.92 Å². The van der Waals surface area contributed by atoms with Gasteiger partial charge in [-0.15, -0.1) is 0 Å². The van der Waals surface area contributed by atoms with Crippen LogP contribution >= 0.6 is 0 Å². The third-order valence-corrected chi connectivity index (χ3v) is 2.60. The first kappa shape index (κ1) is 10.8. The molecule has 0 amide bonds. The largest absolute Gasteiger partial charge is 0.476 e. The van der Waals surface area contributed by atoms with Crippen LogP contribution in [0.5, 0.6) is 0 Å². The summed E-state index contributed by atoms with van der Waals surface area (Å²) in [4.78, 5) is 18.7. The van der Waals surface area contributed by atoms with Crippen LogP contribution in [0.1, 0.15) is 23.8 Å². The van der Waals surface area contributed by atoms with Crippen LogP contribution < -0.4 is 5.32 Å². The molecule has 2 rings (SSSR count). The molecule has 6 heteroatoms. The molecule has 1 aromatic rings. The lowest BCUT2D eigenvalue weighted by Gasteiger charge is -2.17. The Morgan fingerprint density at radius 1 is 1.56 bits per heavy atom. The number of nitrogens with zero attached hydrogens (tertiary/aromatic N) is 2. The summed E-state index contributed by atoms with van der Waals surface area (Å²) in [5.41, 5.74) is -0.0541. The average Bonchev–Trinajstić information content (AvgIpc) is 2.65. The zero-order chi connectivity index (χ0) is 11.5. The monoisotopic (exact) mass is 223 g/mol. The van der Waals surface area contributed by atoms with E-state index in [9.17, 15) is 4.79 Å². The Labute approximate surface area is 92.7 Å². The fourth-order valence-electron chi connectivity index (χ4n) is 1.70. The highest BCUT2D eigenvalue weighted by atomic mass is 16.5. The molecule has 86 valence electrons. The highest BCUT2D eigenvalue weighted by Crippen LogP contribution is 2.18. The van der Waals surface area contributed by atoms with E-state index >= 15 is 0 Å². The number of anilines is 1. The lowest BCUT2D eigenvalue weighted by molar-refractivity contribution is 0.0691. The van der Waals surface area contributed by atoms with Gasteiger partial charge in [-0.1, -0.05) is 0 Å². The van der Waals surface area contributed by atoms with Crippen molar-refractivity contribution < 1.29 is 14.6 Å². The Balaban J connectivity index is 2.17. The molecule has 1 aliphatic heterocycles. The second-order valence-electron chi connectivity index (χ2n) is 3.67. The fourth-order valence-corrected chi connectivity index (χ4v) is 1.70. The van der Waals surface area contributed by atoms with E-state index in [1.165, 1.54) is 12.4 Å². The van der Waals surface area contributed by atoms with Crippen LogP contribution in [-0.2, 0) is 4.74 Å². The lowest BCUT2D eigenvalue weighted by Crippen LogP contribution is -2.28. The second kappa shape index (κ2) is 4.44. The molecule has 1 aliphatic rings. The summed E-state index contributed by atoms with van der Waals surface area (Å²) in [6, 6.07) is 0.0924. The van der Waals surface area contributed by atoms with Crippen molar-refractivity contribution in [3.8, 4) is 0 Å². The molecule has 2 N–H and O–H groups in total. The molecule has 6 nitrogen and oxygen atoms in total.